The smallest absolute Gasteiger partial charge is 0.271 e. The molecule has 44 heavy (non-hydrogen) atoms. The second-order valence-corrected chi connectivity index (χ2v) is 12.1. The van der Waals surface area contributed by atoms with Crippen LogP contribution in [0.1, 0.15) is 42.4 Å². The summed E-state index contributed by atoms with van der Waals surface area (Å²) >= 11 is 0. The van der Waals surface area contributed by atoms with E-state index in [1.165, 1.54) is 6.20 Å². The van der Waals surface area contributed by atoms with Crippen LogP contribution in [0.2, 0.25) is 0 Å². The summed E-state index contributed by atoms with van der Waals surface area (Å²) in [6.45, 7) is 10.4. The predicted molar refractivity (Wildman–Crippen MR) is 174 cm³/mol. The van der Waals surface area contributed by atoms with E-state index in [9.17, 15) is 14.4 Å². The molecule has 0 saturated carbocycles. The Kier molecular flexibility index (Phi) is 7.65. The number of ether oxygens (including phenoxy) is 1. The van der Waals surface area contributed by atoms with E-state index in [1.807, 2.05) is 49.4 Å². The molecule has 0 aliphatic carbocycles. The molecule has 9 nitrogen and oxygen atoms in total. The number of nitrogens with one attached hydrogen (secondary N) is 3. The maximum absolute atomic E-state index is 13.5. The van der Waals surface area contributed by atoms with Crippen LogP contribution in [0.25, 0.3) is 33.2 Å². The van der Waals surface area contributed by atoms with E-state index in [-0.39, 0.29) is 22.3 Å². The molecule has 0 spiro atoms. The van der Waals surface area contributed by atoms with E-state index < -0.39 is 0 Å². The van der Waals surface area contributed by atoms with Crippen LogP contribution < -0.4 is 16.3 Å². The third kappa shape index (κ3) is 5.78. The lowest BCUT2D eigenvalue weighted by atomic mass is 9.86. The largest absolute Gasteiger partial charge is 0.378 e. The van der Waals surface area contributed by atoms with Crippen molar-refractivity contribution in [2.45, 2.75) is 33.1 Å². The Labute approximate surface area is 254 Å². The number of aryl methyl sites for hydroxylation is 1. The minimum absolute atomic E-state index is 0.0259. The number of amides is 1. The molecule has 0 atom stereocenters. The highest BCUT2D eigenvalue weighted by molar-refractivity contribution is 5.94. The molecular formula is C35H35N5O4. The number of hydrogen-bond donors (Lipinski definition) is 3. The molecule has 4 heterocycles. The molecule has 0 unspecified atom stereocenters. The van der Waals surface area contributed by atoms with Crippen LogP contribution in [-0.2, 0) is 10.2 Å². The zero-order valence-corrected chi connectivity index (χ0v) is 25.3. The Morgan fingerprint density at radius 3 is 2.41 bits per heavy atom. The molecule has 6 rings (SSSR count). The van der Waals surface area contributed by atoms with Gasteiger partial charge in [-0.15, -0.1) is 0 Å². The Morgan fingerprint density at radius 2 is 1.70 bits per heavy atom. The Bertz CT molecular complexity index is 1980. The van der Waals surface area contributed by atoms with Crippen molar-refractivity contribution in [3.05, 3.63) is 110 Å². The second-order valence-electron chi connectivity index (χ2n) is 12.1. The molecular weight excluding hydrogens is 554 g/mol. The lowest BCUT2D eigenvalue weighted by Crippen LogP contribution is -2.40. The van der Waals surface area contributed by atoms with Gasteiger partial charge in [0.2, 0.25) is 0 Å². The number of pyridine rings is 3. The molecule has 1 amide bonds. The number of H-pyrrole nitrogens is 2. The number of carbonyl (C=O) groups is 1. The summed E-state index contributed by atoms with van der Waals surface area (Å²) in [5, 5.41) is 3.73. The number of aromatic nitrogens is 3. The van der Waals surface area contributed by atoms with Gasteiger partial charge in [-0.05, 0) is 65.4 Å². The molecule has 1 fully saturated rings. The Hall–Kier alpha value is -5.02. The van der Waals surface area contributed by atoms with Crippen LogP contribution in [0.4, 0.5) is 11.5 Å². The summed E-state index contributed by atoms with van der Waals surface area (Å²) in [4.78, 5) is 51.6. The molecule has 1 saturated heterocycles. The fourth-order valence-corrected chi connectivity index (χ4v) is 5.45. The number of rotatable bonds is 5. The number of nitrogens with zero attached hydrogens (tertiary/aromatic N) is 2. The summed E-state index contributed by atoms with van der Waals surface area (Å²) < 4.78 is 5.33. The third-order valence-electron chi connectivity index (χ3n) is 8.04. The topological polar surface area (TPSA) is 120 Å². The maximum atomic E-state index is 13.5. The highest BCUT2D eigenvalue weighted by Crippen LogP contribution is 2.30. The van der Waals surface area contributed by atoms with E-state index in [0.29, 0.717) is 60.0 Å². The SMILES string of the molecule is Cc1[nH]c(=O)c(Nc2ccc(C(=O)N3CCOCC3)cn2)cc1-c1cccc(-c2c[nH]c3cc(C(C)(C)C)ccc3c2=O)c1. The molecule has 9 heteroatoms. The average molecular weight is 590 g/mol. The summed E-state index contributed by atoms with van der Waals surface area (Å²) in [5.74, 6) is 0.345. The first-order valence-electron chi connectivity index (χ1n) is 14.7. The molecule has 0 radical (unpaired) electrons. The Balaban J connectivity index is 1.28. The van der Waals surface area contributed by atoms with Gasteiger partial charge in [0.25, 0.3) is 11.5 Å². The molecule has 1 aliphatic heterocycles. The van der Waals surface area contributed by atoms with Crippen LogP contribution in [0.15, 0.2) is 82.6 Å². The number of hydrogen-bond acceptors (Lipinski definition) is 6. The first-order chi connectivity index (χ1) is 21.1. The van der Waals surface area contributed by atoms with E-state index >= 15 is 0 Å². The van der Waals surface area contributed by atoms with Gasteiger partial charge in [0, 0.05) is 53.2 Å². The second kappa shape index (κ2) is 11.6. The van der Waals surface area contributed by atoms with Gasteiger partial charge in [0.15, 0.2) is 5.43 Å². The predicted octanol–water partition coefficient (Wildman–Crippen LogP) is 5.77. The van der Waals surface area contributed by atoms with Gasteiger partial charge in [-0.25, -0.2) is 4.98 Å². The van der Waals surface area contributed by atoms with Crippen molar-refractivity contribution in [1.82, 2.24) is 19.9 Å². The van der Waals surface area contributed by atoms with Gasteiger partial charge in [0.1, 0.15) is 11.5 Å². The lowest BCUT2D eigenvalue weighted by molar-refractivity contribution is 0.0302. The Morgan fingerprint density at radius 1 is 0.955 bits per heavy atom. The lowest BCUT2D eigenvalue weighted by Gasteiger charge is -2.26. The summed E-state index contributed by atoms with van der Waals surface area (Å²) in [6.07, 6.45) is 3.28. The van der Waals surface area contributed by atoms with Crippen LogP contribution in [0.3, 0.4) is 0 Å². The quantitative estimate of drug-likeness (QED) is 0.240. The number of anilines is 2. The van der Waals surface area contributed by atoms with E-state index in [0.717, 1.165) is 27.8 Å². The molecule has 1 aliphatic rings. The fourth-order valence-electron chi connectivity index (χ4n) is 5.45. The maximum Gasteiger partial charge on any atom is 0.271 e. The molecule has 0 bridgehead atoms. The first kappa shape index (κ1) is 29.1. The molecule has 5 aromatic rings. The first-order valence-corrected chi connectivity index (χ1v) is 14.7. The molecule has 3 aromatic heterocycles. The number of fused-ring (bicyclic) bond motifs is 1. The molecule has 224 valence electrons. The van der Waals surface area contributed by atoms with Crippen molar-refractivity contribution in [3.8, 4) is 22.3 Å². The normalized spacial score (nSPS) is 13.7. The minimum Gasteiger partial charge on any atom is -0.378 e. The zero-order valence-electron chi connectivity index (χ0n) is 25.3. The van der Waals surface area contributed by atoms with Crippen LogP contribution in [-0.4, -0.2) is 52.1 Å². The molecule has 2 aromatic carbocycles. The average Bonchev–Trinajstić information content (AvgIpc) is 3.02. The van der Waals surface area contributed by atoms with Crippen molar-refractivity contribution in [2.75, 3.05) is 31.6 Å². The summed E-state index contributed by atoms with van der Waals surface area (Å²) in [6, 6.07) is 18.8. The van der Waals surface area contributed by atoms with Crippen molar-refractivity contribution in [2.24, 2.45) is 0 Å². The van der Waals surface area contributed by atoms with Crippen LogP contribution >= 0.6 is 0 Å². The van der Waals surface area contributed by atoms with Crippen molar-refractivity contribution in [3.63, 3.8) is 0 Å². The van der Waals surface area contributed by atoms with Crippen molar-refractivity contribution >= 4 is 28.3 Å². The van der Waals surface area contributed by atoms with Crippen molar-refractivity contribution < 1.29 is 9.53 Å². The third-order valence-corrected chi connectivity index (χ3v) is 8.04. The van der Waals surface area contributed by atoms with Crippen molar-refractivity contribution in [1.29, 1.82) is 0 Å². The van der Waals surface area contributed by atoms with Crippen LogP contribution in [0.5, 0.6) is 0 Å². The number of aromatic amines is 2. The number of carbonyl (C=O) groups excluding carboxylic acids is 1. The summed E-state index contributed by atoms with van der Waals surface area (Å²) in [5.41, 5.74) is 6.08. The van der Waals surface area contributed by atoms with Gasteiger partial charge in [-0.1, -0.05) is 45.0 Å². The highest BCUT2D eigenvalue weighted by atomic mass is 16.5. The highest BCUT2D eigenvalue weighted by Gasteiger charge is 2.19. The fraction of sp³-hybridized carbons (Fsp3) is 0.257. The van der Waals surface area contributed by atoms with Gasteiger partial charge in [-0.3, -0.25) is 14.4 Å². The molecule has 3 N–H and O–H groups in total. The minimum atomic E-state index is -0.293. The van der Waals surface area contributed by atoms with Gasteiger partial charge < -0.3 is 24.9 Å². The van der Waals surface area contributed by atoms with E-state index in [1.54, 1.807) is 29.3 Å². The standard InChI is InChI=1S/C35H35N5O4/c1-21-27(18-30(33(42)38-21)39-31-11-8-24(19-37-31)34(43)40-12-14-44-15-13-40)22-6-5-7-23(16-22)28-20-36-29-17-25(35(2,3)4)9-10-26(29)32(28)41/h5-11,16-20H,12-15H2,1-4H3,(H,36,41)(H,37,39)(H,38,42). The van der Waals surface area contributed by atoms with E-state index in [4.69, 9.17) is 4.74 Å². The number of morpholine rings is 1. The van der Waals surface area contributed by atoms with E-state index in [2.05, 4.69) is 41.0 Å². The monoisotopic (exact) mass is 589 g/mol. The van der Waals surface area contributed by atoms with Gasteiger partial charge in [-0.2, -0.15) is 0 Å². The zero-order chi connectivity index (χ0) is 31.0. The van der Waals surface area contributed by atoms with Gasteiger partial charge >= 0.3 is 0 Å². The van der Waals surface area contributed by atoms with Gasteiger partial charge in [0.05, 0.1) is 18.8 Å². The van der Waals surface area contributed by atoms with Crippen LogP contribution in [0, 0.1) is 6.92 Å². The summed E-state index contributed by atoms with van der Waals surface area (Å²) in [7, 11) is 0. The number of benzene rings is 2.